The second kappa shape index (κ2) is 7.10. The van der Waals surface area contributed by atoms with Gasteiger partial charge in [-0.3, -0.25) is 0 Å². The average Bonchev–Trinajstić information content (AvgIpc) is 2.26. The molecular weight excluding hydrogens is 244 g/mol. The number of ether oxygens (including phenoxy) is 1. The van der Waals surface area contributed by atoms with Gasteiger partial charge in [0, 0.05) is 25.7 Å². The number of hydrogen-bond acceptors (Lipinski definition) is 4. The van der Waals surface area contributed by atoms with Gasteiger partial charge in [0.15, 0.2) is 0 Å². The summed E-state index contributed by atoms with van der Waals surface area (Å²) in [6.45, 7) is 10.7. The number of aliphatic hydroxyl groups excluding tert-OH is 1. The smallest absolute Gasteiger partial charge is 0.407 e. The molecule has 2 unspecified atom stereocenters. The Labute approximate surface area is 116 Å². The van der Waals surface area contributed by atoms with Crippen LogP contribution in [0.5, 0.6) is 0 Å². The molecule has 2 atom stereocenters. The monoisotopic (exact) mass is 272 g/mol. The molecule has 1 aliphatic heterocycles. The van der Waals surface area contributed by atoms with Crippen molar-refractivity contribution in [2.45, 2.75) is 52.2 Å². The third kappa shape index (κ3) is 6.25. The SMILES string of the molecule is CCN1CC(CCO)CC(NC(=O)OC(C)(C)C)C1. The zero-order valence-corrected chi connectivity index (χ0v) is 12.6. The van der Waals surface area contributed by atoms with Crippen LogP contribution in [0.2, 0.25) is 0 Å². The molecule has 0 spiro atoms. The minimum Gasteiger partial charge on any atom is -0.444 e. The molecule has 19 heavy (non-hydrogen) atoms. The molecule has 0 aromatic heterocycles. The number of amides is 1. The van der Waals surface area contributed by atoms with Crippen LogP contribution >= 0.6 is 0 Å². The van der Waals surface area contributed by atoms with Gasteiger partial charge in [0.05, 0.1) is 0 Å². The van der Waals surface area contributed by atoms with Gasteiger partial charge in [0.25, 0.3) is 0 Å². The van der Waals surface area contributed by atoms with Crippen LogP contribution in [0.25, 0.3) is 0 Å². The van der Waals surface area contributed by atoms with Gasteiger partial charge < -0.3 is 20.1 Å². The van der Waals surface area contributed by atoms with Crippen molar-refractivity contribution < 1.29 is 14.6 Å². The Hall–Kier alpha value is -0.810. The molecule has 0 aliphatic carbocycles. The predicted molar refractivity (Wildman–Crippen MR) is 75.1 cm³/mol. The minimum atomic E-state index is -0.465. The van der Waals surface area contributed by atoms with Crippen molar-refractivity contribution in [3.8, 4) is 0 Å². The van der Waals surface area contributed by atoms with Gasteiger partial charge in [-0.05, 0) is 46.1 Å². The first-order valence-corrected chi connectivity index (χ1v) is 7.16. The molecule has 1 rings (SSSR count). The molecule has 112 valence electrons. The zero-order chi connectivity index (χ0) is 14.5. The average molecular weight is 272 g/mol. The molecule has 1 aliphatic rings. The summed E-state index contributed by atoms with van der Waals surface area (Å²) < 4.78 is 5.29. The molecule has 5 nitrogen and oxygen atoms in total. The largest absolute Gasteiger partial charge is 0.444 e. The second-order valence-electron chi connectivity index (χ2n) is 6.31. The zero-order valence-electron chi connectivity index (χ0n) is 12.6. The van der Waals surface area contributed by atoms with Gasteiger partial charge >= 0.3 is 6.09 Å². The van der Waals surface area contributed by atoms with Crippen molar-refractivity contribution in [1.29, 1.82) is 0 Å². The highest BCUT2D eigenvalue weighted by Crippen LogP contribution is 2.20. The molecule has 1 saturated heterocycles. The second-order valence-corrected chi connectivity index (χ2v) is 6.31. The standard InChI is InChI=1S/C14H28N2O3/c1-5-16-9-11(6-7-17)8-12(10-16)15-13(18)19-14(2,3)4/h11-12,17H,5-10H2,1-4H3,(H,15,18). The molecular formula is C14H28N2O3. The summed E-state index contributed by atoms with van der Waals surface area (Å²) in [6.07, 6.45) is 1.36. The summed E-state index contributed by atoms with van der Waals surface area (Å²) in [4.78, 5) is 14.1. The number of likely N-dealkylation sites (tertiary alicyclic amines) is 1. The van der Waals surface area contributed by atoms with Crippen LogP contribution in [0.1, 0.15) is 40.5 Å². The van der Waals surface area contributed by atoms with Crippen molar-refractivity contribution >= 4 is 6.09 Å². The van der Waals surface area contributed by atoms with E-state index in [0.29, 0.717) is 5.92 Å². The van der Waals surface area contributed by atoms with Crippen molar-refractivity contribution in [2.24, 2.45) is 5.92 Å². The molecule has 1 amide bonds. The molecule has 0 radical (unpaired) electrons. The van der Waals surface area contributed by atoms with E-state index in [0.717, 1.165) is 32.5 Å². The van der Waals surface area contributed by atoms with E-state index in [2.05, 4.69) is 17.1 Å². The van der Waals surface area contributed by atoms with Crippen LogP contribution in [0.15, 0.2) is 0 Å². The van der Waals surface area contributed by atoms with Crippen molar-refractivity contribution in [3.63, 3.8) is 0 Å². The van der Waals surface area contributed by atoms with Gasteiger partial charge in [-0.1, -0.05) is 6.92 Å². The molecule has 0 bridgehead atoms. The van der Waals surface area contributed by atoms with E-state index in [1.807, 2.05) is 20.8 Å². The molecule has 0 aromatic rings. The molecule has 5 heteroatoms. The minimum absolute atomic E-state index is 0.111. The number of likely N-dealkylation sites (N-methyl/N-ethyl adjacent to an activating group) is 1. The van der Waals surface area contributed by atoms with Crippen LogP contribution in [0.3, 0.4) is 0 Å². The molecule has 0 aromatic carbocycles. The quantitative estimate of drug-likeness (QED) is 0.816. The maximum absolute atomic E-state index is 11.8. The highest BCUT2D eigenvalue weighted by Gasteiger charge is 2.28. The summed E-state index contributed by atoms with van der Waals surface area (Å²) >= 11 is 0. The third-order valence-electron chi connectivity index (χ3n) is 3.32. The van der Waals surface area contributed by atoms with Crippen molar-refractivity contribution in [2.75, 3.05) is 26.2 Å². The number of nitrogens with zero attached hydrogens (tertiary/aromatic N) is 1. The molecule has 0 saturated carbocycles. The first-order valence-electron chi connectivity index (χ1n) is 7.16. The number of alkyl carbamates (subject to hydrolysis) is 1. The lowest BCUT2D eigenvalue weighted by Crippen LogP contribution is -2.51. The number of carbonyl (C=O) groups excluding carboxylic acids is 1. The summed E-state index contributed by atoms with van der Waals surface area (Å²) in [6, 6.07) is 0.111. The Kier molecular flexibility index (Phi) is 6.07. The van der Waals surface area contributed by atoms with E-state index in [-0.39, 0.29) is 18.7 Å². The van der Waals surface area contributed by atoms with Gasteiger partial charge in [0.2, 0.25) is 0 Å². The fourth-order valence-corrected chi connectivity index (χ4v) is 2.53. The Morgan fingerprint density at radius 2 is 2.11 bits per heavy atom. The van der Waals surface area contributed by atoms with E-state index in [4.69, 9.17) is 9.84 Å². The third-order valence-corrected chi connectivity index (χ3v) is 3.32. The highest BCUT2D eigenvalue weighted by atomic mass is 16.6. The Morgan fingerprint density at radius 3 is 2.63 bits per heavy atom. The normalized spacial score (nSPS) is 25.1. The van der Waals surface area contributed by atoms with Gasteiger partial charge in [-0.15, -0.1) is 0 Å². The molecule has 2 N–H and O–H groups in total. The van der Waals surface area contributed by atoms with Crippen LogP contribution in [-0.2, 0) is 4.74 Å². The van der Waals surface area contributed by atoms with E-state index in [9.17, 15) is 4.79 Å². The first kappa shape index (κ1) is 16.2. The van der Waals surface area contributed by atoms with E-state index in [1.165, 1.54) is 0 Å². The summed E-state index contributed by atoms with van der Waals surface area (Å²) in [5.41, 5.74) is -0.465. The van der Waals surface area contributed by atoms with Crippen LogP contribution < -0.4 is 5.32 Å². The number of carbonyl (C=O) groups is 1. The Morgan fingerprint density at radius 1 is 1.42 bits per heavy atom. The summed E-state index contributed by atoms with van der Waals surface area (Å²) in [7, 11) is 0. The van der Waals surface area contributed by atoms with Gasteiger partial charge in [0.1, 0.15) is 5.60 Å². The maximum Gasteiger partial charge on any atom is 0.407 e. The van der Waals surface area contributed by atoms with E-state index < -0.39 is 5.60 Å². The lowest BCUT2D eigenvalue weighted by molar-refractivity contribution is 0.0443. The number of hydrogen-bond donors (Lipinski definition) is 2. The van der Waals surface area contributed by atoms with Crippen molar-refractivity contribution in [1.82, 2.24) is 10.2 Å². The lowest BCUT2D eigenvalue weighted by Gasteiger charge is -2.37. The van der Waals surface area contributed by atoms with Crippen LogP contribution in [-0.4, -0.2) is 54.0 Å². The maximum atomic E-state index is 11.8. The Bertz CT molecular complexity index is 289. The molecule has 1 heterocycles. The van der Waals surface area contributed by atoms with Gasteiger partial charge in [-0.2, -0.15) is 0 Å². The van der Waals surface area contributed by atoms with E-state index in [1.54, 1.807) is 0 Å². The van der Waals surface area contributed by atoms with Gasteiger partial charge in [-0.25, -0.2) is 4.79 Å². The predicted octanol–water partition coefficient (Wildman–Crippen LogP) is 1.60. The van der Waals surface area contributed by atoms with Crippen molar-refractivity contribution in [3.05, 3.63) is 0 Å². The van der Waals surface area contributed by atoms with Crippen LogP contribution in [0.4, 0.5) is 4.79 Å². The lowest BCUT2D eigenvalue weighted by atomic mass is 9.92. The molecule has 1 fully saturated rings. The fourth-order valence-electron chi connectivity index (χ4n) is 2.53. The number of aliphatic hydroxyl groups is 1. The van der Waals surface area contributed by atoms with E-state index >= 15 is 0 Å². The first-order chi connectivity index (χ1) is 8.84. The summed E-state index contributed by atoms with van der Waals surface area (Å²) in [5.74, 6) is 0.443. The summed E-state index contributed by atoms with van der Waals surface area (Å²) in [5, 5.41) is 12.0. The number of rotatable bonds is 4. The topological polar surface area (TPSA) is 61.8 Å². The number of piperidine rings is 1. The number of nitrogens with one attached hydrogen (secondary N) is 1. The van der Waals surface area contributed by atoms with Crippen LogP contribution in [0, 0.1) is 5.92 Å². The fraction of sp³-hybridized carbons (Fsp3) is 0.929. The highest BCUT2D eigenvalue weighted by molar-refractivity contribution is 5.68. The Balaban J connectivity index is 2.49.